The molecule has 0 bridgehead atoms. The quantitative estimate of drug-likeness (QED) is 0.702. The lowest BCUT2D eigenvalue weighted by Gasteiger charge is -2.07. The molecule has 0 saturated carbocycles. The highest BCUT2D eigenvalue weighted by molar-refractivity contribution is 7.90. The van der Waals surface area contributed by atoms with Gasteiger partial charge in [0.2, 0.25) is 0 Å². The van der Waals surface area contributed by atoms with Gasteiger partial charge in [0.05, 0.1) is 23.3 Å². The standard InChI is InChI=1S/C19H18N2O4S2/c1-12-10-13(8-9-16(12)25-2)15-11-26-19(20-15)21-18(22)14-6-4-5-7-17(14)27(3,23)24/h4-11H,1-3H3,(H,20,21,22). The fourth-order valence-electron chi connectivity index (χ4n) is 2.64. The number of rotatable bonds is 5. The highest BCUT2D eigenvalue weighted by Gasteiger charge is 2.19. The number of hydrogen-bond donors (Lipinski definition) is 1. The van der Waals surface area contributed by atoms with Crippen LogP contribution in [0.25, 0.3) is 11.3 Å². The number of carbonyl (C=O) groups excluding carboxylic acids is 1. The van der Waals surface area contributed by atoms with Crippen LogP contribution >= 0.6 is 11.3 Å². The lowest BCUT2D eigenvalue weighted by molar-refractivity contribution is 0.102. The zero-order valence-corrected chi connectivity index (χ0v) is 16.6. The van der Waals surface area contributed by atoms with Gasteiger partial charge in [-0.25, -0.2) is 13.4 Å². The van der Waals surface area contributed by atoms with Crippen molar-refractivity contribution >= 4 is 32.2 Å². The number of ether oxygens (including phenoxy) is 1. The molecule has 0 aliphatic heterocycles. The van der Waals surface area contributed by atoms with Gasteiger partial charge in [-0.2, -0.15) is 0 Å². The van der Waals surface area contributed by atoms with Crippen molar-refractivity contribution in [3.63, 3.8) is 0 Å². The van der Waals surface area contributed by atoms with E-state index in [2.05, 4.69) is 10.3 Å². The van der Waals surface area contributed by atoms with Crippen LogP contribution in [0.3, 0.4) is 0 Å². The van der Waals surface area contributed by atoms with Crippen LogP contribution < -0.4 is 10.1 Å². The first-order chi connectivity index (χ1) is 12.8. The Morgan fingerprint density at radius 3 is 2.59 bits per heavy atom. The maximum atomic E-state index is 12.5. The van der Waals surface area contributed by atoms with Crippen molar-refractivity contribution in [2.24, 2.45) is 0 Å². The van der Waals surface area contributed by atoms with Crippen molar-refractivity contribution < 1.29 is 17.9 Å². The number of methoxy groups -OCH3 is 1. The molecule has 1 aromatic heterocycles. The van der Waals surface area contributed by atoms with Crippen LogP contribution in [0.2, 0.25) is 0 Å². The van der Waals surface area contributed by atoms with E-state index in [1.165, 1.54) is 23.5 Å². The highest BCUT2D eigenvalue weighted by atomic mass is 32.2. The van der Waals surface area contributed by atoms with Crippen LogP contribution in [0.15, 0.2) is 52.7 Å². The molecule has 2 aromatic carbocycles. The average Bonchev–Trinajstić information content (AvgIpc) is 3.09. The Balaban J connectivity index is 1.85. The first kappa shape index (κ1) is 19.1. The molecule has 0 unspecified atom stereocenters. The third kappa shape index (κ3) is 4.17. The van der Waals surface area contributed by atoms with E-state index in [1.807, 2.05) is 30.5 Å². The minimum Gasteiger partial charge on any atom is -0.496 e. The van der Waals surface area contributed by atoms with Crippen LogP contribution in [-0.2, 0) is 9.84 Å². The summed E-state index contributed by atoms with van der Waals surface area (Å²) >= 11 is 1.27. The Bertz CT molecular complexity index is 1100. The first-order valence-electron chi connectivity index (χ1n) is 8.00. The van der Waals surface area contributed by atoms with Gasteiger partial charge < -0.3 is 4.74 Å². The Kier molecular flexibility index (Phi) is 5.29. The predicted octanol–water partition coefficient (Wildman–Crippen LogP) is 3.78. The molecule has 0 aliphatic rings. The maximum absolute atomic E-state index is 12.5. The van der Waals surface area contributed by atoms with Gasteiger partial charge in [0.1, 0.15) is 5.75 Å². The summed E-state index contributed by atoms with van der Waals surface area (Å²) in [5.74, 6) is 0.280. The second kappa shape index (κ2) is 7.50. The molecule has 1 amide bonds. The monoisotopic (exact) mass is 402 g/mol. The van der Waals surface area contributed by atoms with Crippen molar-refractivity contribution in [1.29, 1.82) is 0 Å². The van der Waals surface area contributed by atoms with Gasteiger partial charge in [0.25, 0.3) is 5.91 Å². The Hall–Kier alpha value is -2.71. The number of amides is 1. The summed E-state index contributed by atoms with van der Waals surface area (Å²) in [7, 11) is -1.89. The zero-order valence-electron chi connectivity index (χ0n) is 15.0. The largest absolute Gasteiger partial charge is 0.496 e. The summed E-state index contributed by atoms with van der Waals surface area (Å²) in [5, 5.41) is 4.91. The van der Waals surface area contributed by atoms with E-state index in [1.54, 1.807) is 19.2 Å². The van der Waals surface area contributed by atoms with E-state index >= 15 is 0 Å². The molecule has 3 rings (SSSR count). The smallest absolute Gasteiger partial charge is 0.258 e. The van der Waals surface area contributed by atoms with E-state index in [0.717, 1.165) is 28.8 Å². The van der Waals surface area contributed by atoms with Gasteiger partial charge >= 0.3 is 0 Å². The van der Waals surface area contributed by atoms with E-state index in [0.29, 0.717) is 5.13 Å². The number of nitrogens with zero attached hydrogens (tertiary/aromatic N) is 1. The molecule has 0 fully saturated rings. The molecular formula is C19H18N2O4S2. The number of aryl methyl sites for hydroxylation is 1. The SMILES string of the molecule is COc1ccc(-c2csc(NC(=O)c3ccccc3S(C)(=O)=O)n2)cc1C. The molecule has 140 valence electrons. The van der Waals surface area contributed by atoms with Gasteiger partial charge in [-0.3, -0.25) is 10.1 Å². The number of aromatic nitrogens is 1. The number of sulfone groups is 1. The number of carbonyl (C=O) groups is 1. The fraction of sp³-hybridized carbons (Fsp3) is 0.158. The Morgan fingerprint density at radius 1 is 1.19 bits per heavy atom. The average molecular weight is 402 g/mol. The zero-order chi connectivity index (χ0) is 19.6. The van der Waals surface area contributed by atoms with Crippen LogP contribution in [-0.4, -0.2) is 32.7 Å². The van der Waals surface area contributed by atoms with E-state index < -0.39 is 15.7 Å². The topological polar surface area (TPSA) is 85.4 Å². The molecule has 3 aromatic rings. The highest BCUT2D eigenvalue weighted by Crippen LogP contribution is 2.29. The predicted molar refractivity (Wildman–Crippen MR) is 106 cm³/mol. The third-order valence-corrected chi connectivity index (χ3v) is 5.86. The molecule has 1 heterocycles. The van der Waals surface area contributed by atoms with Gasteiger partial charge in [-0.15, -0.1) is 11.3 Å². The molecule has 0 aliphatic carbocycles. The Morgan fingerprint density at radius 2 is 1.93 bits per heavy atom. The van der Waals surface area contributed by atoms with Crippen LogP contribution in [0, 0.1) is 6.92 Å². The van der Waals surface area contributed by atoms with Crippen molar-refractivity contribution in [3.05, 3.63) is 59.0 Å². The normalized spacial score (nSPS) is 11.2. The summed E-state index contributed by atoms with van der Waals surface area (Å²) in [6.45, 7) is 1.94. The third-order valence-electron chi connectivity index (χ3n) is 3.95. The number of hydrogen-bond acceptors (Lipinski definition) is 6. The lowest BCUT2D eigenvalue weighted by atomic mass is 10.1. The minimum atomic E-state index is -3.51. The van der Waals surface area contributed by atoms with Crippen molar-refractivity contribution in [2.75, 3.05) is 18.7 Å². The molecule has 0 radical (unpaired) electrons. The molecule has 8 heteroatoms. The Labute approximate surface area is 161 Å². The molecule has 0 saturated heterocycles. The minimum absolute atomic E-state index is 0.00920. The number of thiazole rings is 1. The van der Waals surface area contributed by atoms with Gasteiger partial charge in [-0.1, -0.05) is 12.1 Å². The molecular weight excluding hydrogens is 384 g/mol. The summed E-state index contributed by atoms with van der Waals surface area (Å²) in [4.78, 5) is 17.0. The van der Waals surface area contributed by atoms with Crippen molar-refractivity contribution in [2.45, 2.75) is 11.8 Å². The second-order valence-electron chi connectivity index (χ2n) is 5.94. The van der Waals surface area contributed by atoms with Crippen LogP contribution in [0.5, 0.6) is 5.75 Å². The summed E-state index contributed by atoms with van der Waals surface area (Å²) in [5.41, 5.74) is 2.70. The van der Waals surface area contributed by atoms with Crippen molar-refractivity contribution in [3.8, 4) is 17.0 Å². The van der Waals surface area contributed by atoms with Crippen LogP contribution in [0.1, 0.15) is 15.9 Å². The number of nitrogens with one attached hydrogen (secondary N) is 1. The van der Waals surface area contributed by atoms with E-state index in [4.69, 9.17) is 4.74 Å². The van der Waals surface area contributed by atoms with Crippen LogP contribution in [0.4, 0.5) is 5.13 Å². The molecule has 0 atom stereocenters. The summed E-state index contributed by atoms with van der Waals surface area (Å²) in [6, 6.07) is 11.8. The van der Waals surface area contributed by atoms with Gasteiger partial charge in [0, 0.05) is 17.2 Å². The lowest BCUT2D eigenvalue weighted by Crippen LogP contribution is -2.15. The van der Waals surface area contributed by atoms with Crippen molar-refractivity contribution in [1.82, 2.24) is 4.98 Å². The first-order valence-corrected chi connectivity index (χ1v) is 10.8. The molecule has 0 spiro atoms. The summed E-state index contributed by atoms with van der Waals surface area (Å²) < 4.78 is 29.0. The molecule has 1 N–H and O–H groups in total. The second-order valence-corrected chi connectivity index (χ2v) is 8.79. The molecule has 27 heavy (non-hydrogen) atoms. The number of anilines is 1. The van der Waals surface area contributed by atoms with E-state index in [9.17, 15) is 13.2 Å². The fourth-order valence-corrected chi connectivity index (χ4v) is 4.24. The van der Waals surface area contributed by atoms with Gasteiger partial charge in [-0.05, 0) is 42.8 Å². The summed E-state index contributed by atoms with van der Waals surface area (Å²) in [6.07, 6.45) is 1.08. The molecule has 6 nitrogen and oxygen atoms in total. The number of benzene rings is 2. The maximum Gasteiger partial charge on any atom is 0.258 e. The van der Waals surface area contributed by atoms with Gasteiger partial charge in [0.15, 0.2) is 15.0 Å². The van der Waals surface area contributed by atoms with E-state index in [-0.39, 0.29) is 10.5 Å².